The Labute approximate surface area is 119 Å². The number of rotatable bonds is 1. The number of allylic oxidation sites excluding steroid dienone is 1. The number of furan rings is 1. The van der Waals surface area contributed by atoms with Crippen molar-refractivity contribution in [3.63, 3.8) is 0 Å². The van der Waals surface area contributed by atoms with Crippen LogP contribution in [-0.4, -0.2) is 6.79 Å². The lowest BCUT2D eigenvalue weighted by molar-refractivity contribution is 0.174. The molecule has 2 aliphatic heterocycles. The van der Waals surface area contributed by atoms with E-state index >= 15 is 0 Å². The smallest absolute Gasteiger partial charge is 0.231 e. The normalized spacial score (nSPS) is 18.9. The van der Waals surface area contributed by atoms with Crippen LogP contribution in [0.15, 0.2) is 46.4 Å². The average Bonchev–Trinajstić information content (AvgIpc) is 3.14. The zero-order valence-electron chi connectivity index (χ0n) is 10.8. The molecule has 1 aromatic heterocycles. The molecule has 0 fully saturated rings. The van der Waals surface area contributed by atoms with E-state index in [4.69, 9.17) is 24.4 Å². The molecule has 104 valence electrons. The van der Waals surface area contributed by atoms with Gasteiger partial charge in [-0.05, 0) is 18.2 Å². The van der Waals surface area contributed by atoms with Crippen LogP contribution in [0.1, 0.15) is 17.2 Å². The first kappa shape index (κ1) is 11.7. The van der Waals surface area contributed by atoms with Gasteiger partial charge in [-0.1, -0.05) is 0 Å². The Bertz CT molecular complexity index is 787. The molecule has 6 heteroatoms. The van der Waals surface area contributed by atoms with E-state index in [-0.39, 0.29) is 12.7 Å². The summed E-state index contributed by atoms with van der Waals surface area (Å²) >= 11 is 0. The summed E-state index contributed by atoms with van der Waals surface area (Å²) in [6.45, 7) is 0.164. The van der Waals surface area contributed by atoms with Crippen LogP contribution in [-0.2, 0) is 0 Å². The van der Waals surface area contributed by atoms with E-state index in [0.29, 0.717) is 28.6 Å². The molecule has 2 aliphatic rings. The van der Waals surface area contributed by atoms with E-state index < -0.39 is 5.92 Å². The minimum atomic E-state index is -0.414. The molecule has 0 saturated heterocycles. The lowest BCUT2D eigenvalue weighted by Gasteiger charge is -2.24. The van der Waals surface area contributed by atoms with Crippen LogP contribution >= 0.6 is 0 Å². The molecule has 0 bridgehead atoms. The van der Waals surface area contributed by atoms with Crippen LogP contribution < -0.4 is 19.9 Å². The van der Waals surface area contributed by atoms with Crippen molar-refractivity contribution in [1.29, 1.82) is 5.26 Å². The van der Waals surface area contributed by atoms with E-state index in [9.17, 15) is 5.26 Å². The van der Waals surface area contributed by atoms with Crippen LogP contribution in [0.3, 0.4) is 0 Å². The Hall–Kier alpha value is -3.07. The Balaban J connectivity index is 1.94. The lowest BCUT2D eigenvalue weighted by atomic mass is 9.87. The quantitative estimate of drug-likeness (QED) is 0.862. The SMILES string of the molecule is N#CC1=C(N)Oc2cc3c(cc2C1c1ccco1)OCO3. The highest BCUT2D eigenvalue weighted by molar-refractivity contribution is 5.60. The van der Waals surface area contributed by atoms with Gasteiger partial charge in [0.15, 0.2) is 11.5 Å². The van der Waals surface area contributed by atoms with Crippen molar-refractivity contribution < 1.29 is 18.6 Å². The molecule has 2 N–H and O–H groups in total. The molecule has 4 rings (SSSR count). The maximum Gasteiger partial charge on any atom is 0.231 e. The highest BCUT2D eigenvalue weighted by Crippen LogP contribution is 2.47. The topological polar surface area (TPSA) is 90.6 Å². The van der Waals surface area contributed by atoms with Gasteiger partial charge in [0.2, 0.25) is 12.7 Å². The first-order valence-corrected chi connectivity index (χ1v) is 6.32. The molecule has 1 aromatic carbocycles. The third-order valence-electron chi connectivity index (χ3n) is 3.54. The number of benzene rings is 1. The van der Waals surface area contributed by atoms with Gasteiger partial charge in [0.25, 0.3) is 0 Å². The Morgan fingerprint density at radius 3 is 2.71 bits per heavy atom. The fraction of sp³-hybridized carbons (Fsp3) is 0.133. The third kappa shape index (κ3) is 1.64. The molecule has 0 aliphatic carbocycles. The Morgan fingerprint density at radius 2 is 2.00 bits per heavy atom. The van der Waals surface area contributed by atoms with Crippen LogP contribution in [0.2, 0.25) is 0 Å². The molecule has 1 atom stereocenters. The van der Waals surface area contributed by atoms with Gasteiger partial charge in [-0.15, -0.1) is 0 Å². The molecule has 2 aromatic rings. The maximum absolute atomic E-state index is 9.38. The average molecular weight is 282 g/mol. The summed E-state index contributed by atoms with van der Waals surface area (Å²) in [7, 11) is 0. The zero-order chi connectivity index (χ0) is 14.4. The second-order valence-electron chi connectivity index (χ2n) is 4.68. The monoisotopic (exact) mass is 282 g/mol. The summed E-state index contributed by atoms with van der Waals surface area (Å²) < 4.78 is 21.7. The van der Waals surface area contributed by atoms with Gasteiger partial charge in [0, 0.05) is 11.6 Å². The molecule has 0 spiro atoms. The summed E-state index contributed by atoms with van der Waals surface area (Å²) in [5.74, 6) is 2.04. The Morgan fingerprint density at radius 1 is 1.19 bits per heavy atom. The molecule has 1 unspecified atom stereocenters. The van der Waals surface area contributed by atoms with Crippen molar-refractivity contribution in [3.05, 3.63) is 53.3 Å². The first-order valence-electron chi connectivity index (χ1n) is 6.32. The van der Waals surface area contributed by atoms with Crippen molar-refractivity contribution in [2.45, 2.75) is 5.92 Å². The number of hydrogen-bond donors (Lipinski definition) is 1. The van der Waals surface area contributed by atoms with Gasteiger partial charge in [0.1, 0.15) is 23.2 Å². The second kappa shape index (κ2) is 4.21. The van der Waals surface area contributed by atoms with Crippen LogP contribution in [0.25, 0.3) is 0 Å². The minimum absolute atomic E-state index is 0.0743. The summed E-state index contributed by atoms with van der Waals surface area (Å²) in [6, 6.07) is 9.18. The predicted octanol–water partition coefficient (Wildman–Crippen LogP) is 2.23. The molecule has 0 amide bonds. The highest BCUT2D eigenvalue weighted by atomic mass is 16.7. The van der Waals surface area contributed by atoms with Gasteiger partial charge in [0.05, 0.1) is 12.2 Å². The molecule has 21 heavy (non-hydrogen) atoms. The molecule has 0 radical (unpaired) electrons. The van der Waals surface area contributed by atoms with E-state index in [1.807, 2.05) is 0 Å². The fourth-order valence-electron chi connectivity index (χ4n) is 2.59. The van der Waals surface area contributed by atoms with Gasteiger partial charge in [-0.3, -0.25) is 0 Å². The molecule has 6 nitrogen and oxygen atoms in total. The third-order valence-corrected chi connectivity index (χ3v) is 3.54. The van der Waals surface area contributed by atoms with Gasteiger partial charge in [-0.2, -0.15) is 5.26 Å². The van der Waals surface area contributed by atoms with E-state index in [2.05, 4.69) is 6.07 Å². The Kier molecular flexibility index (Phi) is 2.35. The van der Waals surface area contributed by atoms with E-state index in [1.165, 1.54) is 0 Å². The predicted molar refractivity (Wildman–Crippen MR) is 70.6 cm³/mol. The molecule has 3 heterocycles. The van der Waals surface area contributed by atoms with Crippen molar-refractivity contribution in [1.82, 2.24) is 0 Å². The van der Waals surface area contributed by atoms with Crippen molar-refractivity contribution in [2.24, 2.45) is 5.73 Å². The number of fused-ring (bicyclic) bond motifs is 2. The summed E-state index contributed by atoms with van der Waals surface area (Å²) in [4.78, 5) is 0. The zero-order valence-corrected chi connectivity index (χ0v) is 10.8. The van der Waals surface area contributed by atoms with Gasteiger partial charge < -0.3 is 24.4 Å². The number of nitrogens with zero attached hydrogens (tertiary/aromatic N) is 1. The van der Waals surface area contributed by atoms with Crippen molar-refractivity contribution >= 4 is 0 Å². The number of nitrogens with two attached hydrogens (primary N) is 1. The summed E-state index contributed by atoms with van der Waals surface area (Å²) in [5, 5.41) is 9.38. The summed E-state index contributed by atoms with van der Waals surface area (Å²) in [5.41, 5.74) is 6.95. The molecular formula is C15H10N2O4. The van der Waals surface area contributed by atoms with Gasteiger partial charge >= 0.3 is 0 Å². The standard InChI is InChI=1S/C15H10N2O4/c16-6-9-14(10-2-1-3-18-10)8-4-12-13(20-7-19-12)5-11(8)21-15(9)17/h1-5,14H,7,17H2. The number of nitriles is 1. The lowest BCUT2D eigenvalue weighted by Crippen LogP contribution is -2.20. The van der Waals surface area contributed by atoms with E-state index in [0.717, 1.165) is 5.56 Å². The largest absolute Gasteiger partial charge is 0.468 e. The summed E-state index contributed by atoms with van der Waals surface area (Å²) in [6.07, 6.45) is 1.56. The van der Waals surface area contributed by atoms with Crippen LogP contribution in [0.4, 0.5) is 0 Å². The van der Waals surface area contributed by atoms with Gasteiger partial charge in [-0.25, -0.2) is 0 Å². The van der Waals surface area contributed by atoms with Crippen molar-refractivity contribution in [2.75, 3.05) is 6.79 Å². The number of ether oxygens (including phenoxy) is 3. The minimum Gasteiger partial charge on any atom is -0.468 e. The maximum atomic E-state index is 9.38. The number of hydrogen-bond acceptors (Lipinski definition) is 6. The fourth-order valence-corrected chi connectivity index (χ4v) is 2.59. The van der Waals surface area contributed by atoms with Crippen LogP contribution in [0, 0.1) is 11.3 Å². The second-order valence-corrected chi connectivity index (χ2v) is 4.68. The first-order chi connectivity index (χ1) is 10.3. The van der Waals surface area contributed by atoms with E-state index in [1.54, 1.807) is 30.5 Å². The van der Waals surface area contributed by atoms with Crippen molar-refractivity contribution in [3.8, 4) is 23.3 Å². The highest BCUT2D eigenvalue weighted by Gasteiger charge is 2.34. The van der Waals surface area contributed by atoms with Crippen LogP contribution in [0.5, 0.6) is 17.2 Å². The molecule has 0 saturated carbocycles. The molecular weight excluding hydrogens is 272 g/mol.